The van der Waals surface area contributed by atoms with E-state index in [-0.39, 0.29) is 29.1 Å². The van der Waals surface area contributed by atoms with Gasteiger partial charge >= 0.3 is 0 Å². The van der Waals surface area contributed by atoms with E-state index in [1.807, 2.05) is 0 Å². The molecule has 2 heterocycles. The number of amides is 2. The molecule has 184 valence electrons. The summed E-state index contributed by atoms with van der Waals surface area (Å²) >= 11 is 6.12. The Kier molecular flexibility index (Phi) is 6.61. The molecular weight excluding hydrogens is 483 g/mol. The van der Waals surface area contributed by atoms with Gasteiger partial charge in [-0.25, -0.2) is 4.39 Å². The van der Waals surface area contributed by atoms with Gasteiger partial charge in [0.1, 0.15) is 5.82 Å². The zero-order chi connectivity index (χ0) is 25.2. The van der Waals surface area contributed by atoms with Crippen molar-refractivity contribution >= 4 is 34.3 Å². The predicted molar refractivity (Wildman–Crippen MR) is 136 cm³/mol. The molecule has 3 N–H and O–H groups in total. The summed E-state index contributed by atoms with van der Waals surface area (Å²) in [7, 11) is 0. The third-order valence-corrected chi connectivity index (χ3v) is 6.90. The number of aromatic nitrogens is 2. The summed E-state index contributed by atoms with van der Waals surface area (Å²) in [4.78, 5) is 41.0. The number of pyridine rings is 1. The van der Waals surface area contributed by atoms with E-state index in [1.54, 1.807) is 36.5 Å². The van der Waals surface area contributed by atoms with E-state index in [0.29, 0.717) is 29.1 Å². The van der Waals surface area contributed by atoms with Crippen molar-refractivity contribution in [1.29, 1.82) is 0 Å². The van der Waals surface area contributed by atoms with Crippen molar-refractivity contribution in [2.45, 2.75) is 37.8 Å². The lowest BCUT2D eigenvalue weighted by Gasteiger charge is -2.33. The van der Waals surface area contributed by atoms with Gasteiger partial charge in [0.2, 0.25) is 0 Å². The van der Waals surface area contributed by atoms with Crippen molar-refractivity contribution in [3.05, 3.63) is 99.3 Å². The molecule has 0 bridgehead atoms. The fourth-order valence-corrected chi connectivity index (χ4v) is 4.90. The maximum Gasteiger partial charge on any atom is 0.255 e. The monoisotopic (exact) mass is 506 g/mol. The Morgan fingerprint density at radius 3 is 2.44 bits per heavy atom. The van der Waals surface area contributed by atoms with Crippen LogP contribution < -0.4 is 16.2 Å². The molecule has 1 saturated carbocycles. The highest BCUT2D eigenvalue weighted by molar-refractivity contribution is 6.35. The van der Waals surface area contributed by atoms with E-state index < -0.39 is 11.7 Å². The smallest absolute Gasteiger partial charge is 0.255 e. The van der Waals surface area contributed by atoms with Gasteiger partial charge in [0, 0.05) is 47.0 Å². The molecule has 0 spiro atoms. The minimum absolute atomic E-state index is 0.118. The normalized spacial score (nSPS) is 17.6. The summed E-state index contributed by atoms with van der Waals surface area (Å²) in [6.45, 7) is 0. The van der Waals surface area contributed by atoms with E-state index >= 15 is 0 Å². The minimum Gasteiger partial charge on any atom is -0.360 e. The molecular formula is C27H24ClFN4O3. The number of halogens is 2. The Bertz CT molecular complexity index is 1510. The van der Waals surface area contributed by atoms with E-state index in [2.05, 4.69) is 15.6 Å². The van der Waals surface area contributed by atoms with Gasteiger partial charge in [0.05, 0.1) is 16.3 Å². The number of fused-ring (bicyclic) bond motifs is 1. The number of nitrogens with one attached hydrogen (secondary N) is 3. The number of carbonyl (C=O) groups is 2. The fourth-order valence-electron chi connectivity index (χ4n) is 4.68. The van der Waals surface area contributed by atoms with Gasteiger partial charge in [-0.15, -0.1) is 0 Å². The summed E-state index contributed by atoms with van der Waals surface area (Å²) < 4.78 is 16.2. The van der Waals surface area contributed by atoms with Crippen LogP contribution in [0.4, 0.5) is 4.39 Å². The van der Waals surface area contributed by atoms with Crippen LogP contribution in [0.15, 0.2) is 71.8 Å². The standard InChI is InChI=1S/C27H24ClFN4O3/c28-20-15-30-24-13-16(8-10-18(20)24)26(35)31-22-5-1-2-6-23(22)32-27(36)19-11-9-17(14-21(19)29)33-12-4-3-7-25(33)34/h3-4,7-15,22-23,30H,1-2,5-6H2,(H,31,35)(H,32,36)/t22-,23?/m1/s1. The van der Waals surface area contributed by atoms with Crippen LogP contribution in [0.25, 0.3) is 16.6 Å². The first-order chi connectivity index (χ1) is 17.4. The summed E-state index contributed by atoms with van der Waals surface area (Å²) in [5.74, 6) is -1.54. The minimum atomic E-state index is -0.727. The third-order valence-electron chi connectivity index (χ3n) is 6.59. The van der Waals surface area contributed by atoms with E-state index in [4.69, 9.17) is 11.6 Å². The molecule has 5 rings (SSSR count). The number of H-pyrrole nitrogens is 1. The molecule has 1 unspecified atom stereocenters. The maximum atomic E-state index is 14.9. The van der Waals surface area contributed by atoms with Gasteiger partial charge in [-0.2, -0.15) is 0 Å². The van der Waals surface area contributed by atoms with E-state index in [1.165, 1.54) is 35.0 Å². The van der Waals surface area contributed by atoms with Gasteiger partial charge in [0.15, 0.2) is 0 Å². The first-order valence-electron chi connectivity index (χ1n) is 11.8. The van der Waals surface area contributed by atoms with Gasteiger partial charge in [-0.05, 0) is 49.2 Å². The molecule has 2 aromatic carbocycles. The molecule has 1 aliphatic carbocycles. The molecule has 9 heteroatoms. The van der Waals surface area contributed by atoms with Crippen molar-refractivity contribution in [2.75, 3.05) is 0 Å². The van der Waals surface area contributed by atoms with Crippen molar-refractivity contribution in [3.8, 4) is 5.69 Å². The van der Waals surface area contributed by atoms with Gasteiger partial charge in [-0.1, -0.05) is 36.6 Å². The van der Waals surface area contributed by atoms with Crippen molar-refractivity contribution in [2.24, 2.45) is 0 Å². The summed E-state index contributed by atoms with van der Waals surface area (Å²) in [5.41, 5.74) is 1.16. The number of carbonyl (C=O) groups excluding carboxylic acids is 2. The van der Waals surface area contributed by atoms with Gasteiger partial charge in [0.25, 0.3) is 17.4 Å². The molecule has 0 saturated heterocycles. The number of benzene rings is 2. The maximum absolute atomic E-state index is 14.9. The Labute approximate surface area is 211 Å². The van der Waals surface area contributed by atoms with E-state index in [9.17, 15) is 18.8 Å². The highest BCUT2D eigenvalue weighted by Gasteiger charge is 2.29. The molecule has 0 radical (unpaired) electrons. The lowest BCUT2D eigenvalue weighted by Crippen LogP contribution is -2.53. The second kappa shape index (κ2) is 9.99. The first-order valence-corrected chi connectivity index (χ1v) is 12.1. The quantitative estimate of drug-likeness (QED) is 0.369. The number of nitrogens with zero attached hydrogens (tertiary/aromatic N) is 1. The average molecular weight is 507 g/mol. The zero-order valence-corrected chi connectivity index (χ0v) is 20.0. The van der Waals surface area contributed by atoms with Crippen LogP contribution in [0.3, 0.4) is 0 Å². The third kappa shape index (κ3) is 4.77. The summed E-state index contributed by atoms with van der Waals surface area (Å²) in [6.07, 6.45) is 6.38. The molecule has 7 nitrogen and oxygen atoms in total. The molecule has 0 aliphatic heterocycles. The second-order valence-electron chi connectivity index (χ2n) is 8.91. The van der Waals surface area contributed by atoms with Crippen LogP contribution in [0.5, 0.6) is 0 Å². The van der Waals surface area contributed by atoms with Crippen molar-refractivity contribution in [3.63, 3.8) is 0 Å². The Balaban J connectivity index is 1.30. The topological polar surface area (TPSA) is 96.0 Å². The predicted octanol–water partition coefficient (Wildman–Crippen LogP) is 4.58. The lowest BCUT2D eigenvalue weighted by atomic mass is 9.89. The zero-order valence-electron chi connectivity index (χ0n) is 19.3. The molecule has 4 aromatic rings. The van der Waals surface area contributed by atoms with Crippen LogP contribution in [0.2, 0.25) is 5.02 Å². The molecule has 2 atom stereocenters. The van der Waals surface area contributed by atoms with Crippen molar-refractivity contribution in [1.82, 2.24) is 20.2 Å². The molecule has 1 fully saturated rings. The van der Waals surface area contributed by atoms with Gasteiger partial charge < -0.3 is 15.6 Å². The summed E-state index contributed by atoms with van der Waals surface area (Å²) in [5, 5.41) is 7.35. The second-order valence-corrected chi connectivity index (χ2v) is 9.32. The number of hydrogen-bond acceptors (Lipinski definition) is 3. The molecule has 36 heavy (non-hydrogen) atoms. The number of rotatable bonds is 5. The fraction of sp³-hybridized carbons (Fsp3) is 0.222. The number of aromatic amines is 1. The van der Waals surface area contributed by atoms with Crippen LogP contribution in [0, 0.1) is 5.82 Å². The van der Waals surface area contributed by atoms with Crippen LogP contribution in [0.1, 0.15) is 46.4 Å². The summed E-state index contributed by atoms with van der Waals surface area (Å²) in [6, 6.07) is 13.3. The number of hydrogen-bond donors (Lipinski definition) is 3. The van der Waals surface area contributed by atoms with Gasteiger partial charge in [-0.3, -0.25) is 19.0 Å². The van der Waals surface area contributed by atoms with Crippen LogP contribution in [-0.2, 0) is 0 Å². The van der Waals surface area contributed by atoms with Crippen LogP contribution in [-0.4, -0.2) is 33.4 Å². The Morgan fingerprint density at radius 1 is 0.972 bits per heavy atom. The SMILES string of the molecule is O=C(N[C@@H]1CCCCC1NC(=O)c1ccc(-n2ccccc2=O)cc1F)c1ccc2c(Cl)c[nH]c2c1. The van der Waals surface area contributed by atoms with Crippen LogP contribution >= 0.6 is 11.6 Å². The average Bonchev–Trinajstić information content (AvgIpc) is 3.25. The van der Waals surface area contributed by atoms with Crippen molar-refractivity contribution < 1.29 is 14.0 Å². The highest BCUT2D eigenvalue weighted by atomic mass is 35.5. The highest BCUT2D eigenvalue weighted by Crippen LogP contribution is 2.25. The first kappa shape index (κ1) is 23.8. The Hall–Kier alpha value is -3.91. The molecule has 2 aromatic heterocycles. The Morgan fingerprint density at radius 2 is 1.72 bits per heavy atom. The van der Waals surface area contributed by atoms with E-state index in [0.717, 1.165) is 23.7 Å². The molecule has 1 aliphatic rings. The largest absolute Gasteiger partial charge is 0.360 e. The molecule has 2 amide bonds. The lowest BCUT2D eigenvalue weighted by molar-refractivity contribution is 0.0860.